The molecule has 0 spiro atoms. The van der Waals surface area contributed by atoms with Crippen LogP contribution < -0.4 is 5.32 Å². The van der Waals surface area contributed by atoms with Crippen molar-refractivity contribution in [2.24, 2.45) is 0 Å². The number of amides is 3. The summed E-state index contributed by atoms with van der Waals surface area (Å²) in [5.41, 5.74) is 3.37. The zero-order valence-electron chi connectivity index (χ0n) is 20.9. The Labute approximate surface area is 220 Å². The Balaban J connectivity index is 1.39. The van der Waals surface area contributed by atoms with Crippen LogP contribution in [0.3, 0.4) is 0 Å². The lowest BCUT2D eigenvalue weighted by Crippen LogP contribution is -2.54. The smallest absolute Gasteiger partial charge is 0.411 e. The zero-order chi connectivity index (χ0) is 25.9. The number of nitrogens with one attached hydrogen (secondary N) is 1. The van der Waals surface area contributed by atoms with Gasteiger partial charge in [0.05, 0.1) is 11.4 Å². The van der Waals surface area contributed by atoms with Gasteiger partial charge in [-0.15, -0.1) is 11.3 Å². The fraction of sp³-hybridized carbons (Fsp3) is 0.321. The van der Waals surface area contributed by atoms with E-state index in [1.165, 1.54) is 11.3 Å². The number of cyclic esters (lactones) is 1. The highest BCUT2D eigenvalue weighted by Crippen LogP contribution is 2.35. The maximum absolute atomic E-state index is 13.8. The number of hydrogen-bond donors (Lipinski definition) is 1. The topological polar surface area (TPSA) is 82.2 Å². The number of piperazine rings is 1. The van der Waals surface area contributed by atoms with Crippen LogP contribution in [0.2, 0.25) is 0 Å². The van der Waals surface area contributed by atoms with Gasteiger partial charge in [0, 0.05) is 31.9 Å². The predicted octanol–water partition coefficient (Wildman–Crippen LogP) is 4.14. The van der Waals surface area contributed by atoms with Crippen molar-refractivity contribution in [3.63, 3.8) is 0 Å². The number of benzene rings is 2. The summed E-state index contributed by atoms with van der Waals surface area (Å²) >= 11 is 1.37. The predicted molar refractivity (Wildman–Crippen MR) is 143 cm³/mol. The Morgan fingerprint density at radius 3 is 2.46 bits per heavy atom. The number of hydrogen-bond acceptors (Lipinski definition) is 6. The van der Waals surface area contributed by atoms with Gasteiger partial charge in [0.2, 0.25) is 5.91 Å². The van der Waals surface area contributed by atoms with Crippen LogP contribution in [0.5, 0.6) is 0 Å². The van der Waals surface area contributed by atoms with E-state index >= 15 is 0 Å². The molecule has 0 aliphatic carbocycles. The summed E-state index contributed by atoms with van der Waals surface area (Å²) in [6, 6.07) is 17.9. The number of thiophene rings is 1. The molecule has 0 radical (unpaired) electrons. The minimum atomic E-state index is -0.775. The van der Waals surface area contributed by atoms with Crippen LogP contribution in [-0.4, -0.2) is 71.9 Å². The van der Waals surface area contributed by atoms with Crippen molar-refractivity contribution in [1.82, 2.24) is 14.7 Å². The van der Waals surface area contributed by atoms with E-state index in [-0.39, 0.29) is 18.4 Å². The summed E-state index contributed by atoms with van der Waals surface area (Å²) in [5, 5.41) is 4.73. The lowest BCUT2D eigenvalue weighted by atomic mass is 9.99. The summed E-state index contributed by atoms with van der Waals surface area (Å²) < 4.78 is 5.83. The molecule has 0 saturated carbocycles. The number of rotatable bonds is 6. The highest BCUT2D eigenvalue weighted by atomic mass is 32.1. The van der Waals surface area contributed by atoms with Crippen LogP contribution in [-0.2, 0) is 16.1 Å². The lowest BCUT2D eigenvalue weighted by Gasteiger charge is -2.36. The van der Waals surface area contributed by atoms with Crippen molar-refractivity contribution in [3.8, 4) is 0 Å². The lowest BCUT2D eigenvalue weighted by molar-refractivity contribution is -0.138. The molecule has 2 aromatic carbocycles. The molecule has 2 saturated heterocycles. The number of likely N-dealkylation sites (N-methyl/N-ethyl adjacent to an activating group) is 1. The quantitative estimate of drug-likeness (QED) is 0.530. The second-order valence-electron chi connectivity index (χ2n) is 9.55. The van der Waals surface area contributed by atoms with Crippen molar-refractivity contribution < 1.29 is 19.1 Å². The molecule has 3 amide bonds. The molecule has 8 nitrogen and oxygen atoms in total. The molecule has 3 aromatic rings. The highest BCUT2D eigenvalue weighted by Gasteiger charge is 2.48. The van der Waals surface area contributed by atoms with E-state index in [0.717, 1.165) is 24.2 Å². The van der Waals surface area contributed by atoms with E-state index < -0.39 is 18.2 Å². The third-order valence-electron chi connectivity index (χ3n) is 6.83. The number of carbonyl (C=O) groups is 3. The largest absolute Gasteiger partial charge is 0.438 e. The average Bonchev–Trinajstić information content (AvgIpc) is 3.54. The summed E-state index contributed by atoms with van der Waals surface area (Å²) in [4.78, 5) is 45.5. The molecular weight excluding hydrogens is 488 g/mol. The van der Waals surface area contributed by atoms with Gasteiger partial charge in [0.25, 0.3) is 5.91 Å². The van der Waals surface area contributed by atoms with Crippen LogP contribution in [0.25, 0.3) is 0 Å². The first-order valence-corrected chi connectivity index (χ1v) is 13.2. The van der Waals surface area contributed by atoms with Gasteiger partial charge in [-0.2, -0.15) is 0 Å². The van der Waals surface area contributed by atoms with E-state index in [9.17, 15) is 14.4 Å². The van der Waals surface area contributed by atoms with Crippen LogP contribution in [0.4, 0.5) is 10.5 Å². The molecule has 192 valence electrons. The van der Waals surface area contributed by atoms with Gasteiger partial charge in [0.15, 0.2) is 12.1 Å². The van der Waals surface area contributed by atoms with Gasteiger partial charge < -0.3 is 19.9 Å². The number of aryl methyl sites for hydroxylation is 1. The van der Waals surface area contributed by atoms with Gasteiger partial charge >= 0.3 is 6.09 Å². The molecule has 9 heteroatoms. The summed E-state index contributed by atoms with van der Waals surface area (Å²) in [7, 11) is 2.04. The fourth-order valence-corrected chi connectivity index (χ4v) is 5.39. The normalized spacial score (nSPS) is 20.1. The first-order valence-electron chi connectivity index (χ1n) is 12.3. The number of nitrogens with zero attached hydrogens (tertiary/aromatic N) is 3. The van der Waals surface area contributed by atoms with Gasteiger partial charge in [-0.3, -0.25) is 14.5 Å². The summed E-state index contributed by atoms with van der Waals surface area (Å²) in [6.07, 6.45) is -1.25. The molecule has 3 heterocycles. The molecule has 1 aromatic heterocycles. The summed E-state index contributed by atoms with van der Waals surface area (Å²) in [5.74, 6) is -0.283. The minimum absolute atomic E-state index is 0.105. The minimum Gasteiger partial charge on any atom is -0.438 e. The van der Waals surface area contributed by atoms with Crippen molar-refractivity contribution in [1.29, 1.82) is 0 Å². The van der Waals surface area contributed by atoms with Crippen molar-refractivity contribution >= 4 is 34.9 Å². The average molecular weight is 519 g/mol. The first-order chi connectivity index (χ1) is 17.9. The van der Waals surface area contributed by atoms with E-state index in [4.69, 9.17) is 4.74 Å². The van der Waals surface area contributed by atoms with Crippen LogP contribution in [0, 0.1) is 6.92 Å². The SMILES string of the molecule is Cc1cccc(CN2C(=O)OC(c3ccc(NC(=O)c4cccs4)cc3)C2C(=O)N2CCN(C)CC2)c1. The Morgan fingerprint density at radius 2 is 1.78 bits per heavy atom. The number of anilines is 1. The van der Waals surface area contributed by atoms with Crippen LogP contribution in [0.15, 0.2) is 66.0 Å². The fourth-order valence-electron chi connectivity index (χ4n) is 4.77. The molecule has 2 fully saturated rings. The maximum Gasteiger partial charge on any atom is 0.411 e. The summed E-state index contributed by atoms with van der Waals surface area (Å²) in [6.45, 7) is 5.08. The van der Waals surface area contributed by atoms with Crippen molar-refractivity contribution in [2.75, 3.05) is 38.5 Å². The molecular formula is C28H30N4O4S. The van der Waals surface area contributed by atoms with E-state index in [0.29, 0.717) is 29.2 Å². The second kappa shape index (κ2) is 10.7. The van der Waals surface area contributed by atoms with Gasteiger partial charge in [0.1, 0.15) is 0 Å². The molecule has 2 aliphatic rings. The highest BCUT2D eigenvalue weighted by molar-refractivity contribution is 7.12. The Morgan fingerprint density at radius 1 is 1.03 bits per heavy atom. The van der Waals surface area contributed by atoms with E-state index in [2.05, 4.69) is 10.2 Å². The molecule has 37 heavy (non-hydrogen) atoms. The maximum atomic E-state index is 13.8. The van der Waals surface area contributed by atoms with E-state index in [1.54, 1.807) is 23.1 Å². The third-order valence-corrected chi connectivity index (χ3v) is 7.70. The van der Waals surface area contributed by atoms with Crippen molar-refractivity contribution in [2.45, 2.75) is 25.6 Å². The Kier molecular flexibility index (Phi) is 7.25. The Bertz CT molecular complexity index is 1270. The standard InChI is InChI=1S/C28H30N4O4S/c1-19-5-3-6-20(17-19)18-32-24(27(34)31-14-12-30(2)13-15-31)25(36-28(32)35)21-8-10-22(11-9-21)29-26(33)23-7-4-16-37-23/h3-11,16-17,24-25H,12-15,18H2,1-2H3,(H,29,33). The zero-order valence-corrected chi connectivity index (χ0v) is 21.7. The number of ether oxygens (including phenoxy) is 1. The molecule has 2 aliphatic heterocycles. The molecule has 5 rings (SSSR count). The molecule has 2 unspecified atom stereocenters. The number of carbonyl (C=O) groups excluding carboxylic acids is 3. The molecule has 2 atom stereocenters. The first kappa shape index (κ1) is 25.0. The third kappa shape index (κ3) is 5.52. The molecule has 0 bridgehead atoms. The van der Waals surface area contributed by atoms with E-state index in [1.807, 2.05) is 66.7 Å². The second-order valence-corrected chi connectivity index (χ2v) is 10.5. The molecule has 1 N–H and O–H groups in total. The van der Waals surface area contributed by atoms with Crippen molar-refractivity contribution in [3.05, 3.63) is 87.6 Å². The van der Waals surface area contributed by atoms with Gasteiger partial charge in [-0.05, 0) is 48.7 Å². The van der Waals surface area contributed by atoms with Crippen LogP contribution >= 0.6 is 11.3 Å². The Hall–Kier alpha value is -3.69. The van der Waals surface area contributed by atoms with Gasteiger partial charge in [-0.1, -0.05) is 48.0 Å². The monoisotopic (exact) mass is 518 g/mol. The van der Waals surface area contributed by atoms with Gasteiger partial charge in [-0.25, -0.2) is 4.79 Å². The van der Waals surface area contributed by atoms with Crippen LogP contribution in [0.1, 0.15) is 32.5 Å².